The van der Waals surface area contributed by atoms with Gasteiger partial charge in [0.15, 0.2) is 0 Å². The maximum Gasteiger partial charge on any atom is 0.0441 e. The Balaban J connectivity index is 1.86. The second-order valence-electron chi connectivity index (χ2n) is 3.34. The molecule has 0 aliphatic carbocycles. The summed E-state index contributed by atoms with van der Waals surface area (Å²) in [6, 6.07) is 4.48. The van der Waals surface area contributed by atoms with E-state index in [2.05, 4.69) is 5.43 Å². The van der Waals surface area contributed by atoms with Crippen LogP contribution >= 0.6 is 0 Å². The van der Waals surface area contributed by atoms with Crippen LogP contribution in [0.2, 0.25) is 0 Å². The maximum absolute atomic E-state index is 11.1. The van der Waals surface area contributed by atoms with Crippen LogP contribution in [-0.2, 0) is 10.8 Å². The fourth-order valence-electron chi connectivity index (χ4n) is 1.55. The summed E-state index contributed by atoms with van der Waals surface area (Å²) in [5.41, 5.74) is 3.36. The van der Waals surface area contributed by atoms with Crippen molar-refractivity contribution in [2.24, 2.45) is 0 Å². The Morgan fingerprint density at radius 1 is 1.23 bits per heavy atom. The van der Waals surface area contributed by atoms with E-state index in [9.17, 15) is 4.21 Å². The van der Waals surface area contributed by atoms with E-state index < -0.39 is 10.8 Å². The fourth-order valence-corrected chi connectivity index (χ4v) is 2.85. The quantitative estimate of drug-likeness (QED) is 0.767. The molecule has 0 spiro atoms. The average Bonchev–Trinajstić information content (AvgIpc) is 2.62. The highest BCUT2D eigenvalue weighted by Gasteiger charge is 2.16. The van der Waals surface area contributed by atoms with Crippen LogP contribution in [0.1, 0.15) is 12.8 Å². The molecule has 0 unspecified atom stereocenters. The zero-order chi connectivity index (χ0) is 9.10. The zero-order valence-electron chi connectivity index (χ0n) is 7.48. The van der Waals surface area contributed by atoms with Gasteiger partial charge in [-0.2, -0.15) is 0 Å². The summed E-state index contributed by atoms with van der Waals surface area (Å²) in [5, 5.41) is 0. The van der Waals surface area contributed by atoms with Crippen LogP contribution in [0.15, 0.2) is 24.5 Å². The van der Waals surface area contributed by atoms with Crippen molar-refractivity contribution in [2.45, 2.75) is 18.9 Å². The third-order valence-electron chi connectivity index (χ3n) is 2.32. The topological polar surface area (TPSA) is 34.0 Å². The van der Waals surface area contributed by atoms with E-state index in [0.717, 1.165) is 24.3 Å². The monoisotopic (exact) mass is 198 g/mol. The molecule has 1 fully saturated rings. The summed E-state index contributed by atoms with van der Waals surface area (Å²) in [6.45, 7) is 0. The minimum absolute atomic E-state index is 0.491. The number of aromatic nitrogens is 1. The van der Waals surface area contributed by atoms with Crippen molar-refractivity contribution < 1.29 is 4.21 Å². The number of hydrogen-bond acceptors (Lipinski definition) is 2. The van der Waals surface area contributed by atoms with Crippen LogP contribution in [0.5, 0.6) is 0 Å². The molecule has 1 saturated heterocycles. The molecule has 3 nitrogen and oxygen atoms in total. The van der Waals surface area contributed by atoms with Crippen molar-refractivity contribution in [3.8, 4) is 0 Å². The van der Waals surface area contributed by atoms with Crippen LogP contribution in [0.3, 0.4) is 0 Å². The molecule has 0 amide bonds. The first-order valence-electron chi connectivity index (χ1n) is 4.59. The predicted molar refractivity (Wildman–Crippen MR) is 54.7 cm³/mol. The zero-order valence-corrected chi connectivity index (χ0v) is 8.30. The summed E-state index contributed by atoms with van der Waals surface area (Å²) in [6.07, 6.45) is 6.02. The Morgan fingerprint density at radius 2 is 1.85 bits per heavy atom. The van der Waals surface area contributed by atoms with Crippen molar-refractivity contribution in [1.82, 2.24) is 4.68 Å². The lowest BCUT2D eigenvalue weighted by Crippen LogP contribution is -2.33. The van der Waals surface area contributed by atoms with Gasteiger partial charge in [-0.1, -0.05) is 0 Å². The lowest BCUT2D eigenvalue weighted by atomic mass is 10.2. The Bertz CT molecular complexity index is 274. The highest BCUT2D eigenvalue weighted by atomic mass is 32.2. The summed E-state index contributed by atoms with van der Waals surface area (Å²) in [5.74, 6) is 1.69. The molecule has 1 N–H and O–H groups in total. The second-order valence-corrected chi connectivity index (χ2v) is 5.04. The predicted octanol–water partition coefficient (Wildman–Crippen LogP) is 0.943. The van der Waals surface area contributed by atoms with Gasteiger partial charge in [0, 0.05) is 40.7 Å². The number of nitrogens with one attached hydrogen (secondary N) is 1. The highest BCUT2D eigenvalue weighted by molar-refractivity contribution is 7.85. The van der Waals surface area contributed by atoms with Crippen LogP contribution in [0.25, 0.3) is 0 Å². The first-order valence-corrected chi connectivity index (χ1v) is 6.08. The summed E-state index contributed by atoms with van der Waals surface area (Å²) < 4.78 is 13.1. The molecule has 1 aromatic heterocycles. The van der Waals surface area contributed by atoms with E-state index >= 15 is 0 Å². The first kappa shape index (κ1) is 8.81. The van der Waals surface area contributed by atoms with Crippen LogP contribution < -0.4 is 5.43 Å². The third-order valence-corrected chi connectivity index (χ3v) is 3.71. The normalized spacial score (nSPS) is 28.6. The minimum Gasteiger partial charge on any atom is -0.323 e. The van der Waals surface area contributed by atoms with E-state index in [1.807, 2.05) is 29.2 Å². The molecule has 1 aliphatic rings. The Labute approximate surface area is 80.6 Å². The van der Waals surface area contributed by atoms with Crippen molar-refractivity contribution >= 4 is 10.8 Å². The fraction of sp³-hybridized carbons (Fsp3) is 0.556. The maximum atomic E-state index is 11.1. The molecule has 72 valence electrons. The number of rotatable bonds is 2. The molecule has 2 heterocycles. The number of nitrogens with zero attached hydrogens (tertiary/aromatic N) is 1. The highest BCUT2D eigenvalue weighted by Crippen LogP contribution is 2.10. The van der Waals surface area contributed by atoms with E-state index in [1.54, 1.807) is 0 Å². The van der Waals surface area contributed by atoms with Gasteiger partial charge in [-0.15, -0.1) is 0 Å². The molecule has 4 heteroatoms. The summed E-state index contributed by atoms with van der Waals surface area (Å²) in [7, 11) is -0.559. The van der Waals surface area contributed by atoms with Gasteiger partial charge in [0.2, 0.25) is 0 Å². The molecule has 13 heavy (non-hydrogen) atoms. The average molecular weight is 198 g/mol. The molecule has 0 saturated carbocycles. The summed E-state index contributed by atoms with van der Waals surface area (Å²) in [4.78, 5) is 0. The van der Waals surface area contributed by atoms with E-state index in [1.165, 1.54) is 0 Å². The van der Waals surface area contributed by atoms with Gasteiger partial charge >= 0.3 is 0 Å². The molecule has 0 bridgehead atoms. The molecule has 0 aromatic carbocycles. The van der Waals surface area contributed by atoms with Gasteiger partial charge in [0.1, 0.15) is 0 Å². The molecular formula is C9H14N2OS. The standard InChI is InChI=1S/C9H14N2OS/c12-13-7-3-9(4-8-13)10-11-5-1-2-6-11/h1-2,5-6,9-10H,3-4,7-8H2. The van der Waals surface area contributed by atoms with Gasteiger partial charge < -0.3 is 5.43 Å². The van der Waals surface area contributed by atoms with Crippen LogP contribution in [-0.4, -0.2) is 26.4 Å². The lowest BCUT2D eigenvalue weighted by Gasteiger charge is -2.23. The largest absolute Gasteiger partial charge is 0.323 e. The van der Waals surface area contributed by atoms with E-state index in [-0.39, 0.29) is 0 Å². The minimum atomic E-state index is -0.559. The van der Waals surface area contributed by atoms with Crippen molar-refractivity contribution in [3.63, 3.8) is 0 Å². The molecule has 0 atom stereocenters. The smallest absolute Gasteiger partial charge is 0.0441 e. The van der Waals surface area contributed by atoms with Gasteiger partial charge in [0.25, 0.3) is 0 Å². The van der Waals surface area contributed by atoms with Crippen molar-refractivity contribution in [1.29, 1.82) is 0 Å². The lowest BCUT2D eigenvalue weighted by molar-refractivity contribution is 0.579. The van der Waals surface area contributed by atoms with Crippen molar-refractivity contribution in [3.05, 3.63) is 24.5 Å². The summed E-state index contributed by atoms with van der Waals surface area (Å²) >= 11 is 0. The molecule has 1 aromatic rings. The van der Waals surface area contributed by atoms with Crippen LogP contribution in [0.4, 0.5) is 0 Å². The Hall–Kier alpha value is -0.770. The number of hydrogen-bond donors (Lipinski definition) is 1. The van der Waals surface area contributed by atoms with Gasteiger partial charge in [0.05, 0.1) is 0 Å². The first-order chi connectivity index (χ1) is 6.34. The Kier molecular flexibility index (Phi) is 2.68. The van der Waals surface area contributed by atoms with E-state index in [4.69, 9.17) is 0 Å². The molecule has 0 radical (unpaired) electrons. The van der Waals surface area contributed by atoms with Crippen LogP contribution in [0, 0.1) is 0 Å². The molecular weight excluding hydrogens is 184 g/mol. The van der Waals surface area contributed by atoms with Gasteiger partial charge in [-0.25, -0.2) is 0 Å². The molecule has 2 rings (SSSR count). The van der Waals surface area contributed by atoms with Gasteiger partial charge in [-0.05, 0) is 25.0 Å². The SMILES string of the molecule is O=S1CCC(Nn2cccc2)CC1. The third kappa shape index (κ3) is 2.34. The second kappa shape index (κ2) is 3.96. The van der Waals surface area contributed by atoms with Crippen molar-refractivity contribution in [2.75, 3.05) is 16.9 Å². The van der Waals surface area contributed by atoms with Gasteiger partial charge in [-0.3, -0.25) is 8.89 Å². The van der Waals surface area contributed by atoms with E-state index in [0.29, 0.717) is 6.04 Å². The Morgan fingerprint density at radius 3 is 2.46 bits per heavy atom. The molecule has 1 aliphatic heterocycles.